The number of primary amides is 1. The van der Waals surface area contributed by atoms with Gasteiger partial charge in [-0.3, -0.25) is 9.59 Å². The number of carbonyl (C=O) groups excluding carboxylic acids is 2. The van der Waals surface area contributed by atoms with Crippen LogP contribution in [0.25, 0.3) is 0 Å². The number of anilines is 1. The molecule has 4 nitrogen and oxygen atoms in total. The number of terminal acetylenes is 1. The predicted molar refractivity (Wildman–Crippen MR) is 85.2 cm³/mol. The van der Waals surface area contributed by atoms with E-state index in [4.69, 9.17) is 17.9 Å². The summed E-state index contributed by atoms with van der Waals surface area (Å²) in [7, 11) is 0. The number of ketones is 1. The minimum Gasteiger partial charge on any atom is -0.390 e. The van der Waals surface area contributed by atoms with Gasteiger partial charge in [-0.25, -0.2) is 0 Å². The molecule has 0 bridgehead atoms. The van der Waals surface area contributed by atoms with Crippen LogP contribution >= 0.6 is 11.3 Å². The third-order valence-electron chi connectivity index (χ3n) is 3.85. The lowest BCUT2D eigenvalue weighted by Gasteiger charge is -2.19. The monoisotopic (exact) mass is 304 g/mol. The van der Waals surface area contributed by atoms with Crippen molar-refractivity contribution >= 4 is 28.0 Å². The van der Waals surface area contributed by atoms with Crippen molar-refractivity contribution in [2.24, 2.45) is 17.6 Å². The second kappa shape index (κ2) is 6.31. The van der Waals surface area contributed by atoms with Crippen LogP contribution in [0.2, 0.25) is 0 Å². The molecule has 1 saturated carbocycles. The SMILES string of the molecule is C#CC[C@H]1CCc2c(sc(N)c2C(N)=O)C1=O.CC1CC1. The Morgan fingerprint density at radius 2 is 2.05 bits per heavy atom. The molecule has 0 unspecified atom stereocenters. The van der Waals surface area contributed by atoms with Crippen molar-refractivity contribution < 1.29 is 9.59 Å². The third-order valence-corrected chi connectivity index (χ3v) is 4.92. The molecule has 3 rings (SSSR count). The third kappa shape index (κ3) is 3.45. The molecule has 1 aromatic rings. The zero-order chi connectivity index (χ0) is 15.6. The van der Waals surface area contributed by atoms with Crippen LogP contribution in [0.5, 0.6) is 0 Å². The number of rotatable bonds is 2. The van der Waals surface area contributed by atoms with E-state index in [0.29, 0.717) is 40.3 Å². The van der Waals surface area contributed by atoms with Crippen LogP contribution < -0.4 is 11.5 Å². The molecule has 1 aromatic heterocycles. The van der Waals surface area contributed by atoms with E-state index >= 15 is 0 Å². The van der Waals surface area contributed by atoms with E-state index in [1.54, 1.807) is 0 Å². The standard InChI is InChI=1S/C12H12N2O2S.C4H8/c1-2-3-6-4-5-7-8(11(13)16)12(14)17-10(7)9(6)15;1-4-2-3-4/h1,6H,3-5,14H2,(H2,13,16);4H,2-3H2,1H3/t6-;/m0./s1. The normalized spacial score (nSPS) is 20.0. The van der Waals surface area contributed by atoms with Crippen molar-refractivity contribution in [1.82, 2.24) is 0 Å². The topological polar surface area (TPSA) is 86.2 Å². The largest absolute Gasteiger partial charge is 0.390 e. The molecule has 2 aliphatic carbocycles. The Morgan fingerprint density at radius 3 is 2.52 bits per heavy atom. The van der Waals surface area contributed by atoms with Gasteiger partial charge in [-0.05, 0) is 24.3 Å². The maximum Gasteiger partial charge on any atom is 0.251 e. The van der Waals surface area contributed by atoms with Gasteiger partial charge in [-0.2, -0.15) is 0 Å². The van der Waals surface area contributed by atoms with Crippen LogP contribution in [-0.2, 0) is 6.42 Å². The Balaban J connectivity index is 0.000000347. The molecule has 0 aromatic carbocycles. The van der Waals surface area contributed by atoms with E-state index in [9.17, 15) is 9.59 Å². The minimum absolute atomic E-state index is 0.00611. The fourth-order valence-electron chi connectivity index (χ4n) is 2.33. The second-order valence-electron chi connectivity index (χ2n) is 5.70. The molecule has 1 amide bonds. The first kappa shape index (κ1) is 15.6. The molecule has 4 N–H and O–H groups in total. The molecule has 112 valence electrons. The fraction of sp³-hybridized carbons (Fsp3) is 0.500. The smallest absolute Gasteiger partial charge is 0.251 e. The molecule has 0 radical (unpaired) electrons. The van der Waals surface area contributed by atoms with Crippen molar-refractivity contribution in [3.8, 4) is 12.3 Å². The molecule has 1 fully saturated rings. The highest BCUT2D eigenvalue weighted by molar-refractivity contribution is 7.18. The van der Waals surface area contributed by atoms with Crippen LogP contribution in [0.15, 0.2) is 0 Å². The van der Waals surface area contributed by atoms with Crippen LogP contribution in [0, 0.1) is 24.2 Å². The van der Waals surface area contributed by atoms with Crippen molar-refractivity contribution in [3.63, 3.8) is 0 Å². The van der Waals surface area contributed by atoms with Crippen LogP contribution in [0.3, 0.4) is 0 Å². The highest BCUT2D eigenvalue weighted by Gasteiger charge is 2.32. The van der Waals surface area contributed by atoms with Gasteiger partial charge in [0.2, 0.25) is 0 Å². The van der Waals surface area contributed by atoms with Gasteiger partial charge in [-0.15, -0.1) is 23.7 Å². The maximum atomic E-state index is 12.1. The zero-order valence-electron chi connectivity index (χ0n) is 12.1. The number of hydrogen-bond acceptors (Lipinski definition) is 4. The van der Waals surface area contributed by atoms with Gasteiger partial charge in [0.05, 0.1) is 15.4 Å². The summed E-state index contributed by atoms with van der Waals surface area (Å²) in [5.74, 6) is 2.87. The lowest BCUT2D eigenvalue weighted by atomic mass is 9.84. The van der Waals surface area contributed by atoms with Gasteiger partial charge >= 0.3 is 0 Å². The van der Waals surface area contributed by atoms with E-state index in [2.05, 4.69) is 12.8 Å². The fourth-order valence-corrected chi connectivity index (χ4v) is 3.47. The van der Waals surface area contributed by atoms with Gasteiger partial charge in [0.1, 0.15) is 0 Å². The molecule has 2 aliphatic rings. The Kier molecular flexibility index (Phi) is 4.69. The summed E-state index contributed by atoms with van der Waals surface area (Å²) < 4.78 is 0. The lowest BCUT2D eigenvalue weighted by molar-refractivity contribution is 0.0909. The van der Waals surface area contributed by atoms with Crippen molar-refractivity contribution in [3.05, 3.63) is 16.0 Å². The van der Waals surface area contributed by atoms with Crippen LogP contribution in [-0.4, -0.2) is 11.7 Å². The van der Waals surface area contributed by atoms with E-state index in [-0.39, 0.29) is 11.7 Å². The van der Waals surface area contributed by atoms with E-state index < -0.39 is 5.91 Å². The summed E-state index contributed by atoms with van der Waals surface area (Å²) in [5.41, 5.74) is 12.0. The van der Waals surface area contributed by atoms with E-state index in [1.165, 1.54) is 12.8 Å². The molecule has 21 heavy (non-hydrogen) atoms. The molecular formula is C16H20N2O2S. The first-order chi connectivity index (χ1) is 9.95. The zero-order valence-corrected chi connectivity index (χ0v) is 13.0. The molecule has 0 spiro atoms. The summed E-state index contributed by atoms with van der Waals surface area (Å²) in [6.07, 6.45) is 9.93. The van der Waals surface area contributed by atoms with Gasteiger partial charge in [-0.1, -0.05) is 19.8 Å². The van der Waals surface area contributed by atoms with E-state index in [0.717, 1.165) is 17.3 Å². The van der Waals surface area contributed by atoms with Gasteiger partial charge in [0.25, 0.3) is 5.91 Å². The molecule has 0 saturated heterocycles. The number of amides is 1. The molecular weight excluding hydrogens is 284 g/mol. The average molecular weight is 304 g/mol. The Labute approximate surface area is 128 Å². The number of hydrogen-bond donors (Lipinski definition) is 2. The van der Waals surface area contributed by atoms with E-state index in [1.807, 2.05) is 0 Å². The summed E-state index contributed by atoms with van der Waals surface area (Å²) in [6.45, 7) is 2.28. The second-order valence-corrected chi connectivity index (χ2v) is 6.76. The summed E-state index contributed by atoms with van der Waals surface area (Å²) in [6, 6.07) is 0. The Morgan fingerprint density at radius 1 is 1.43 bits per heavy atom. The average Bonchev–Trinajstić information content (AvgIpc) is 3.11. The number of nitrogen functional groups attached to an aromatic ring is 1. The Bertz CT molecular complexity index is 609. The number of fused-ring (bicyclic) bond motifs is 1. The summed E-state index contributed by atoms with van der Waals surface area (Å²) >= 11 is 1.14. The summed E-state index contributed by atoms with van der Waals surface area (Å²) in [5, 5.41) is 0.331. The van der Waals surface area contributed by atoms with Gasteiger partial charge in [0.15, 0.2) is 5.78 Å². The highest BCUT2D eigenvalue weighted by atomic mass is 32.1. The summed E-state index contributed by atoms with van der Waals surface area (Å²) in [4.78, 5) is 23.9. The van der Waals surface area contributed by atoms with Crippen LogP contribution in [0.1, 0.15) is 58.2 Å². The molecule has 1 atom stereocenters. The number of carbonyl (C=O) groups is 2. The molecule has 5 heteroatoms. The minimum atomic E-state index is -0.566. The highest BCUT2D eigenvalue weighted by Crippen LogP contribution is 2.38. The molecule has 0 aliphatic heterocycles. The number of thiophene rings is 1. The van der Waals surface area contributed by atoms with Gasteiger partial charge in [0, 0.05) is 12.3 Å². The molecule has 1 heterocycles. The lowest BCUT2D eigenvalue weighted by Crippen LogP contribution is -2.23. The van der Waals surface area contributed by atoms with Crippen molar-refractivity contribution in [2.45, 2.75) is 39.0 Å². The number of Topliss-reactive ketones (excluding diaryl/α,β-unsaturated/α-hetero) is 1. The predicted octanol–water partition coefficient (Wildman–Crippen LogP) is 2.61. The quantitative estimate of drug-likeness (QED) is 0.823. The number of nitrogens with two attached hydrogens (primary N) is 2. The van der Waals surface area contributed by atoms with Gasteiger partial charge < -0.3 is 11.5 Å². The Hall–Kier alpha value is -1.80. The first-order valence-electron chi connectivity index (χ1n) is 7.14. The van der Waals surface area contributed by atoms with Crippen molar-refractivity contribution in [1.29, 1.82) is 0 Å². The van der Waals surface area contributed by atoms with Crippen LogP contribution in [0.4, 0.5) is 5.00 Å². The first-order valence-corrected chi connectivity index (χ1v) is 7.96. The maximum absolute atomic E-state index is 12.1. The van der Waals surface area contributed by atoms with Crippen molar-refractivity contribution in [2.75, 3.05) is 5.73 Å².